The Bertz CT molecular complexity index is 1290. The van der Waals surface area contributed by atoms with Gasteiger partial charge in [-0.2, -0.15) is 13.2 Å². The fourth-order valence-corrected chi connectivity index (χ4v) is 3.88. The summed E-state index contributed by atoms with van der Waals surface area (Å²) >= 11 is 2.88. The summed E-state index contributed by atoms with van der Waals surface area (Å²) < 4.78 is 40.9. The Morgan fingerprint density at radius 1 is 0.933 bits per heavy atom. The summed E-state index contributed by atoms with van der Waals surface area (Å²) in [6, 6.07) is 17.3. The normalized spacial score (nSPS) is 11.7. The molecule has 0 bridgehead atoms. The molecule has 1 aromatic heterocycles. The number of halogens is 4. The van der Waals surface area contributed by atoms with Crippen molar-refractivity contribution in [2.24, 2.45) is 0 Å². The van der Waals surface area contributed by atoms with Crippen LogP contribution in [0.25, 0.3) is 21.8 Å². The number of fused-ring (bicyclic) bond motifs is 2. The lowest BCUT2D eigenvalue weighted by Gasteiger charge is -2.16. The van der Waals surface area contributed by atoms with Gasteiger partial charge in [-0.3, -0.25) is 9.59 Å². The minimum absolute atomic E-state index is 0.0326. The molecule has 1 N–H and O–H groups in total. The van der Waals surface area contributed by atoms with Gasteiger partial charge in [0.25, 0.3) is 0 Å². The number of anilines is 1. The topological polar surface area (TPSA) is 51.1 Å². The first kappa shape index (κ1) is 20.2. The van der Waals surface area contributed by atoms with Crippen LogP contribution in [0.5, 0.6) is 0 Å². The smallest absolute Gasteiger partial charge is 0.331 e. The van der Waals surface area contributed by atoms with E-state index >= 15 is 0 Å². The van der Waals surface area contributed by atoms with Crippen molar-refractivity contribution in [3.8, 4) is 0 Å². The maximum Gasteiger partial charge on any atom is 0.417 e. The third-order valence-corrected chi connectivity index (χ3v) is 5.43. The monoisotopic (exact) mass is 474 g/mol. The highest BCUT2D eigenvalue weighted by molar-refractivity contribution is 9.10. The summed E-state index contributed by atoms with van der Waals surface area (Å²) in [5.41, 5.74) is 0.164. The van der Waals surface area contributed by atoms with Crippen LogP contribution >= 0.6 is 15.9 Å². The van der Waals surface area contributed by atoms with Crippen LogP contribution in [0.4, 0.5) is 18.9 Å². The first-order valence-electron chi connectivity index (χ1n) is 8.92. The summed E-state index contributed by atoms with van der Waals surface area (Å²) in [5.74, 6) is -0.510. The molecule has 4 rings (SSSR count). The zero-order chi connectivity index (χ0) is 21.5. The highest BCUT2D eigenvalue weighted by Gasteiger charge is 2.33. The SMILES string of the molecule is O=C(Cn1c2ccccc2c(=O)c2ccccc21)Nc1ccc(Br)c(C(F)(F)F)c1. The molecule has 1 heterocycles. The number of hydrogen-bond donors (Lipinski definition) is 1. The molecular weight excluding hydrogens is 461 g/mol. The average molecular weight is 475 g/mol. The van der Waals surface area contributed by atoms with Gasteiger partial charge in [0.15, 0.2) is 5.43 Å². The fourth-order valence-electron chi connectivity index (χ4n) is 3.41. The zero-order valence-electron chi connectivity index (χ0n) is 15.3. The second-order valence-electron chi connectivity index (χ2n) is 6.69. The largest absolute Gasteiger partial charge is 0.417 e. The standard InChI is InChI=1S/C22H14BrF3N2O2/c23-17-10-9-13(11-16(17)22(24,25)26)27-20(29)12-28-18-7-3-1-5-14(18)21(30)15-6-2-4-8-19(15)28/h1-11H,12H2,(H,27,29). The number of benzene rings is 3. The summed E-state index contributed by atoms with van der Waals surface area (Å²) in [6.07, 6.45) is -4.55. The summed E-state index contributed by atoms with van der Waals surface area (Å²) in [5, 5.41) is 3.45. The van der Waals surface area contributed by atoms with Gasteiger partial charge in [-0.1, -0.05) is 40.2 Å². The van der Waals surface area contributed by atoms with E-state index in [0.29, 0.717) is 21.8 Å². The van der Waals surface area contributed by atoms with Crippen LogP contribution in [0.15, 0.2) is 76.0 Å². The second-order valence-corrected chi connectivity index (χ2v) is 7.54. The number of pyridine rings is 1. The summed E-state index contributed by atoms with van der Waals surface area (Å²) in [4.78, 5) is 25.5. The number of aromatic nitrogens is 1. The number of para-hydroxylation sites is 2. The van der Waals surface area contributed by atoms with E-state index in [0.717, 1.165) is 6.07 Å². The second kappa shape index (κ2) is 7.60. The number of hydrogen-bond acceptors (Lipinski definition) is 2. The van der Waals surface area contributed by atoms with Crippen LogP contribution in [0.2, 0.25) is 0 Å². The van der Waals surface area contributed by atoms with Crippen molar-refractivity contribution in [3.63, 3.8) is 0 Å². The van der Waals surface area contributed by atoms with E-state index in [1.54, 1.807) is 53.1 Å². The lowest BCUT2D eigenvalue weighted by molar-refractivity contribution is -0.138. The molecule has 0 fully saturated rings. The van der Waals surface area contributed by atoms with Gasteiger partial charge in [0, 0.05) is 20.9 Å². The van der Waals surface area contributed by atoms with Crippen molar-refractivity contribution < 1.29 is 18.0 Å². The Balaban J connectivity index is 1.74. The van der Waals surface area contributed by atoms with Gasteiger partial charge < -0.3 is 9.88 Å². The van der Waals surface area contributed by atoms with E-state index in [1.807, 2.05) is 0 Å². The number of amides is 1. The van der Waals surface area contributed by atoms with Crippen LogP contribution in [0.1, 0.15) is 5.56 Å². The van der Waals surface area contributed by atoms with Crippen LogP contribution in [-0.4, -0.2) is 10.5 Å². The van der Waals surface area contributed by atoms with Crippen LogP contribution < -0.4 is 10.7 Å². The Kier molecular flexibility index (Phi) is 5.11. The molecule has 0 aliphatic heterocycles. The lowest BCUT2D eigenvalue weighted by atomic mass is 10.1. The van der Waals surface area contributed by atoms with Gasteiger partial charge >= 0.3 is 6.18 Å². The van der Waals surface area contributed by atoms with E-state index in [1.165, 1.54) is 12.1 Å². The lowest BCUT2D eigenvalue weighted by Crippen LogP contribution is -2.21. The van der Waals surface area contributed by atoms with E-state index < -0.39 is 17.6 Å². The molecule has 4 aromatic rings. The Morgan fingerprint density at radius 2 is 1.50 bits per heavy atom. The van der Waals surface area contributed by atoms with Crippen molar-refractivity contribution in [1.82, 2.24) is 4.57 Å². The van der Waals surface area contributed by atoms with E-state index in [-0.39, 0.29) is 22.1 Å². The maximum absolute atomic E-state index is 13.1. The molecular formula is C22H14BrF3N2O2. The number of alkyl halides is 3. The number of nitrogens with one attached hydrogen (secondary N) is 1. The zero-order valence-corrected chi connectivity index (χ0v) is 16.9. The van der Waals surface area contributed by atoms with Gasteiger partial charge in [-0.25, -0.2) is 0 Å². The van der Waals surface area contributed by atoms with E-state index in [9.17, 15) is 22.8 Å². The number of carbonyl (C=O) groups is 1. The average Bonchev–Trinajstić information content (AvgIpc) is 2.72. The molecule has 1 amide bonds. The summed E-state index contributed by atoms with van der Waals surface area (Å²) in [7, 11) is 0. The number of carbonyl (C=O) groups excluding carboxylic acids is 1. The minimum Gasteiger partial charge on any atom is -0.331 e. The highest BCUT2D eigenvalue weighted by Crippen LogP contribution is 2.36. The molecule has 0 aliphatic carbocycles. The summed E-state index contributed by atoms with van der Waals surface area (Å²) in [6.45, 7) is -0.168. The van der Waals surface area contributed by atoms with Crippen molar-refractivity contribution >= 4 is 49.3 Å². The Morgan fingerprint density at radius 3 is 2.07 bits per heavy atom. The molecule has 3 aromatic carbocycles. The van der Waals surface area contributed by atoms with Crippen LogP contribution in [0, 0.1) is 0 Å². The molecule has 4 nitrogen and oxygen atoms in total. The van der Waals surface area contributed by atoms with Gasteiger partial charge in [0.2, 0.25) is 5.91 Å². The van der Waals surface area contributed by atoms with Gasteiger partial charge in [0.1, 0.15) is 6.54 Å². The number of rotatable bonds is 3. The third-order valence-electron chi connectivity index (χ3n) is 4.74. The fraction of sp³-hybridized carbons (Fsp3) is 0.0909. The molecule has 0 saturated carbocycles. The Labute approximate surface area is 177 Å². The van der Waals surface area contributed by atoms with Crippen LogP contribution in [-0.2, 0) is 17.5 Å². The molecule has 0 aliphatic rings. The molecule has 152 valence electrons. The minimum atomic E-state index is -4.55. The van der Waals surface area contributed by atoms with Gasteiger partial charge in [-0.05, 0) is 42.5 Å². The van der Waals surface area contributed by atoms with E-state index in [2.05, 4.69) is 21.2 Å². The third kappa shape index (κ3) is 3.70. The van der Waals surface area contributed by atoms with Crippen molar-refractivity contribution in [2.75, 3.05) is 5.32 Å². The first-order chi connectivity index (χ1) is 14.3. The van der Waals surface area contributed by atoms with Gasteiger partial charge in [-0.15, -0.1) is 0 Å². The predicted octanol–water partition coefficient (Wildman–Crippen LogP) is 5.57. The molecule has 30 heavy (non-hydrogen) atoms. The van der Waals surface area contributed by atoms with E-state index in [4.69, 9.17) is 0 Å². The first-order valence-corrected chi connectivity index (χ1v) is 9.72. The number of nitrogens with zero attached hydrogens (tertiary/aromatic N) is 1. The predicted molar refractivity (Wildman–Crippen MR) is 113 cm³/mol. The molecule has 0 atom stereocenters. The van der Waals surface area contributed by atoms with Crippen molar-refractivity contribution in [2.45, 2.75) is 12.7 Å². The molecule has 0 saturated heterocycles. The molecule has 0 spiro atoms. The van der Waals surface area contributed by atoms with Crippen LogP contribution in [0.3, 0.4) is 0 Å². The molecule has 8 heteroatoms. The Hall–Kier alpha value is -3.13. The van der Waals surface area contributed by atoms with Crippen molar-refractivity contribution in [3.05, 3.63) is 87.0 Å². The molecule has 0 unspecified atom stereocenters. The quantitative estimate of drug-likeness (QED) is 0.394. The molecule has 0 radical (unpaired) electrons. The van der Waals surface area contributed by atoms with Crippen molar-refractivity contribution in [1.29, 1.82) is 0 Å². The maximum atomic E-state index is 13.1. The highest BCUT2D eigenvalue weighted by atomic mass is 79.9. The van der Waals surface area contributed by atoms with Gasteiger partial charge in [0.05, 0.1) is 16.6 Å².